The van der Waals surface area contributed by atoms with Gasteiger partial charge in [-0.15, -0.1) is 0 Å². The molecule has 0 spiro atoms. The molecule has 0 aliphatic heterocycles. The van der Waals surface area contributed by atoms with Crippen LogP contribution >= 0.6 is 31.9 Å². The van der Waals surface area contributed by atoms with E-state index in [9.17, 15) is 0 Å². The summed E-state index contributed by atoms with van der Waals surface area (Å²) < 4.78 is 8.46. The molecular formula is C38H28Br2N2O. The number of anilines is 6. The second kappa shape index (κ2) is 11.4. The van der Waals surface area contributed by atoms with Crippen LogP contribution in [0.25, 0.3) is 21.9 Å². The number of hydrogen-bond acceptors (Lipinski definition) is 3. The largest absolute Gasteiger partial charge is 0.456 e. The SMILES string of the molecule is Cc1ccc(N(c2ccc(Br)cc2)c2ccc3oc4ccc(N(c5ccc(C)cc5)c5ccc(Br)cc5)cc4c3c2)cc1. The van der Waals surface area contributed by atoms with Crippen LogP contribution in [-0.2, 0) is 0 Å². The van der Waals surface area contributed by atoms with Crippen molar-refractivity contribution in [3.63, 3.8) is 0 Å². The summed E-state index contributed by atoms with van der Waals surface area (Å²) in [4.78, 5) is 4.57. The van der Waals surface area contributed by atoms with Gasteiger partial charge < -0.3 is 14.2 Å². The Bertz CT molecular complexity index is 1810. The molecule has 1 aromatic heterocycles. The van der Waals surface area contributed by atoms with Gasteiger partial charge in [0.1, 0.15) is 11.2 Å². The predicted octanol–water partition coefficient (Wildman–Crippen LogP) is 12.7. The summed E-state index contributed by atoms with van der Waals surface area (Å²) in [5.74, 6) is 0. The molecule has 0 radical (unpaired) electrons. The first-order chi connectivity index (χ1) is 20.9. The van der Waals surface area contributed by atoms with Gasteiger partial charge in [0.2, 0.25) is 0 Å². The molecule has 3 nitrogen and oxygen atoms in total. The highest BCUT2D eigenvalue weighted by Gasteiger charge is 2.18. The molecule has 0 saturated heterocycles. The van der Waals surface area contributed by atoms with Crippen LogP contribution in [0.1, 0.15) is 11.1 Å². The van der Waals surface area contributed by atoms with Crippen LogP contribution in [-0.4, -0.2) is 0 Å². The molecule has 1 heterocycles. The van der Waals surface area contributed by atoms with Gasteiger partial charge in [-0.05, 0) is 123 Å². The van der Waals surface area contributed by atoms with Gasteiger partial charge in [0.25, 0.3) is 0 Å². The maximum Gasteiger partial charge on any atom is 0.135 e. The molecule has 5 heteroatoms. The fourth-order valence-electron chi connectivity index (χ4n) is 5.49. The van der Waals surface area contributed by atoms with Crippen molar-refractivity contribution in [2.75, 3.05) is 9.80 Å². The third-order valence-electron chi connectivity index (χ3n) is 7.71. The van der Waals surface area contributed by atoms with E-state index >= 15 is 0 Å². The van der Waals surface area contributed by atoms with Crippen molar-refractivity contribution in [2.24, 2.45) is 0 Å². The summed E-state index contributed by atoms with van der Waals surface area (Å²) in [6.07, 6.45) is 0. The topological polar surface area (TPSA) is 19.6 Å². The van der Waals surface area contributed by atoms with Crippen LogP contribution in [0, 0.1) is 13.8 Å². The van der Waals surface area contributed by atoms with Gasteiger partial charge in [0.05, 0.1) is 0 Å². The summed E-state index contributed by atoms with van der Waals surface area (Å²) >= 11 is 7.19. The maximum absolute atomic E-state index is 6.36. The van der Waals surface area contributed by atoms with Crippen molar-refractivity contribution in [3.8, 4) is 0 Å². The highest BCUT2D eigenvalue weighted by molar-refractivity contribution is 9.10. The van der Waals surface area contributed by atoms with E-state index in [0.29, 0.717) is 0 Å². The van der Waals surface area contributed by atoms with Gasteiger partial charge in [-0.1, -0.05) is 67.3 Å². The van der Waals surface area contributed by atoms with E-state index in [1.165, 1.54) is 11.1 Å². The predicted molar refractivity (Wildman–Crippen MR) is 188 cm³/mol. The summed E-state index contributed by atoms with van der Waals surface area (Å²) in [5, 5.41) is 2.14. The number of rotatable bonds is 6. The van der Waals surface area contributed by atoms with Crippen molar-refractivity contribution in [1.29, 1.82) is 0 Å². The lowest BCUT2D eigenvalue weighted by molar-refractivity contribution is 0.669. The van der Waals surface area contributed by atoms with Crippen LogP contribution in [0.5, 0.6) is 0 Å². The molecular weight excluding hydrogens is 660 g/mol. The Balaban J connectivity index is 1.39. The van der Waals surface area contributed by atoms with Gasteiger partial charge in [0, 0.05) is 53.8 Å². The Morgan fingerprint density at radius 3 is 1.05 bits per heavy atom. The number of benzene rings is 6. The minimum atomic E-state index is 0.862. The Morgan fingerprint density at radius 1 is 0.395 bits per heavy atom. The molecule has 0 atom stereocenters. The van der Waals surface area contributed by atoms with Crippen molar-refractivity contribution < 1.29 is 4.42 Å². The average molecular weight is 688 g/mol. The normalized spacial score (nSPS) is 11.3. The van der Waals surface area contributed by atoms with Crippen molar-refractivity contribution in [1.82, 2.24) is 0 Å². The molecule has 0 aliphatic carbocycles. The summed E-state index contributed by atoms with van der Waals surface area (Å²) in [6.45, 7) is 4.23. The molecule has 43 heavy (non-hydrogen) atoms. The third kappa shape index (κ3) is 5.47. The minimum Gasteiger partial charge on any atom is -0.456 e. The molecule has 0 bridgehead atoms. The lowest BCUT2D eigenvalue weighted by Gasteiger charge is -2.26. The van der Waals surface area contributed by atoms with Gasteiger partial charge in [0.15, 0.2) is 0 Å². The van der Waals surface area contributed by atoms with E-state index in [-0.39, 0.29) is 0 Å². The average Bonchev–Trinajstić information content (AvgIpc) is 3.39. The zero-order chi connectivity index (χ0) is 29.5. The lowest BCUT2D eigenvalue weighted by atomic mass is 10.1. The van der Waals surface area contributed by atoms with E-state index in [1.54, 1.807) is 0 Å². The summed E-state index contributed by atoms with van der Waals surface area (Å²) in [5.41, 5.74) is 10.7. The van der Waals surface area contributed by atoms with Crippen molar-refractivity contribution in [3.05, 3.63) is 154 Å². The molecule has 6 aromatic carbocycles. The van der Waals surface area contributed by atoms with Crippen LogP contribution in [0.2, 0.25) is 0 Å². The first kappa shape index (κ1) is 27.5. The molecule has 0 fully saturated rings. The number of fused-ring (bicyclic) bond motifs is 3. The van der Waals surface area contributed by atoms with Crippen molar-refractivity contribution >= 4 is 87.9 Å². The molecule has 0 aliphatic rings. The van der Waals surface area contributed by atoms with E-state index in [1.807, 2.05) is 0 Å². The zero-order valence-electron chi connectivity index (χ0n) is 23.8. The smallest absolute Gasteiger partial charge is 0.135 e. The number of aryl methyl sites for hydroxylation is 2. The number of hydrogen-bond donors (Lipinski definition) is 0. The number of halogens is 2. The number of nitrogens with zero attached hydrogens (tertiary/aromatic N) is 2. The molecule has 0 unspecified atom stereocenters. The second-order valence-electron chi connectivity index (χ2n) is 10.8. The van der Waals surface area contributed by atoms with Crippen LogP contribution in [0.15, 0.2) is 147 Å². The quantitative estimate of drug-likeness (QED) is 0.173. The standard InChI is InChI=1S/C38H28Br2N2O/c1-25-3-11-29(12-4-25)41(31-15-7-27(39)8-16-31)33-19-21-37-35(23-33)36-24-34(20-22-38(36)43-37)42(30-13-5-26(2)6-14-30)32-17-9-28(40)10-18-32/h3-24H,1-2H3. The fourth-order valence-corrected chi connectivity index (χ4v) is 6.02. The van der Waals surface area contributed by atoms with E-state index < -0.39 is 0 Å². The Morgan fingerprint density at radius 2 is 0.698 bits per heavy atom. The molecule has 7 aromatic rings. The Hall–Kier alpha value is -4.32. The maximum atomic E-state index is 6.36. The first-order valence-electron chi connectivity index (χ1n) is 14.1. The Labute approximate surface area is 268 Å². The van der Waals surface area contributed by atoms with E-state index in [4.69, 9.17) is 4.42 Å². The van der Waals surface area contributed by atoms with Crippen LogP contribution in [0.4, 0.5) is 34.1 Å². The minimum absolute atomic E-state index is 0.862. The molecule has 0 saturated carbocycles. The summed E-state index contributed by atoms with van der Waals surface area (Å²) in [6, 6.07) is 47.1. The van der Waals surface area contributed by atoms with Gasteiger partial charge in [-0.2, -0.15) is 0 Å². The summed E-state index contributed by atoms with van der Waals surface area (Å²) in [7, 11) is 0. The first-order valence-corrected chi connectivity index (χ1v) is 15.7. The molecule has 210 valence electrons. The zero-order valence-corrected chi connectivity index (χ0v) is 26.9. The Kier molecular flexibility index (Phi) is 7.29. The highest BCUT2D eigenvalue weighted by atomic mass is 79.9. The number of furan rings is 1. The van der Waals surface area contributed by atoms with Gasteiger partial charge in [-0.25, -0.2) is 0 Å². The molecule has 0 amide bonds. The molecule has 7 rings (SSSR count). The monoisotopic (exact) mass is 686 g/mol. The van der Waals surface area contributed by atoms with Gasteiger partial charge in [-0.3, -0.25) is 0 Å². The van der Waals surface area contributed by atoms with E-state index in [0.717, 1.165) is 65.0 Å². The van der Waals surface area contributed by atoms with Crippen molar-refractivity contribution in [2.45, 2.75) is 13.8 Å². The van der Waals surface area contributed by atoms with Crippen LogP contribution < -0.4 is 9.80 Å². The highest BCUT2D eigenvalue weighted by Crippen LogP contribution is 2.42. The fraction of sp³-hybridized carbons (Fsp3) is 0.0526. The van der Waals surface area contributed by atoms with E-state index in [2.05, 4.69) is 189 Å². The lowest BCUT2D eigenvalue weighted by Crippen LogP contribution is -2.10. The third-order valence-corrected chi connectivity index (χ3v) is 8.76. The second-order valence-corrected chi connectivity index (χ2v) is 12.6. The van der Waals surface area contributed by atoms with Gasteiger partial charge >= 0.3 is 0 Å². The molecule has 0 N–H and O–H groups in total. The van der Waals surface area contributed by atoms with Crippen LogP contribution in [0.3, 0.4) is 0 Å².